The summed E-state index contributed by atoms with van der Waals surface area (Å²) in [4.78, 5) is 10.3. The molecule has 0 saturated heterocycles. The molecule has 0 aliphatic rings. The number of nitrogens with zero attached hydrogens (tertiary/aromatic N) is 1. The molecule has 0 heterocycles. The molecule has 0 saturated carbocycles. The highest BCUT2D eigenvalue weighted by molar-refractivity contribution is 5.84. The van der Waals surface area contributed by atoms with Gasteiger partial charge in [-0.25, -0.2) is 14.6 Å². The predicted molar refractivity (Wildman–Crippen MR) is 54.6 cm³/mol. The normalized spacial score (nSPS) is 9.87. The van der Waals surface area contributed by atoms with Gasteiger partial charge in [0, 0.05) is 11.1 Å². The maximum Gasteiger partial charge on any atom is 0.332 e. The van der Waals surface area contributed by atoms with E-state index in [1.807, 2.05) is 5.43 Å². The molecular formula is C10H8FN3O. The van der Waals surface area contributed by atoms with E-state index in [1.165, 1.54) is 24.4 Å². The summed E-state index contributed by atoms with van der Waals surface area (Å²) in [6.07, 6.45) is 6.41. The molecule has 0 aliphatic heterocycles. The van der Waals surface area contributed by atoms with Gasteiger partial charge in [0.05, 0.1) is 6.21 Å². The second-order valence-corrected chi connectivity index (χ2v) is 2.61. The fraction of sp³-hybridized carbons (Fsp3) is 0. The van der Waals surface area contributed by atoms with E-state index in [-0.39, 0.29) is 0 Å². The van der Waals surface area contributed by atoms with Crippen molar-refractivity contribution < 1.29 is 9.18 Å². The number of halogens is 1. The highest BCUT2D eigenvalue weighted by atomic mass is 19.1. The van der Waals surface area contributed by atoms with Gasteiger partial charge in [0.25, 0.3) is 0 Å². The predicted octanol–water partition coefficient (Wildman–Crippen LogP) is 0.809. The Morgan fingerprint density at radius 3 is 3.00 bits per heavy atom. The van der Waals surface area contributed by atoms with Crippen molar-refractivity contribution in [1.29, 1.82) is 0 Å². The number of primary amides is 1. The summed E-state index contributed by atoms with van der Waals surface area (Å²) < 4.78 is 12.8. The van der Waals surface area contributed by atoms with E-state index < -0.39 is 11.8 Å². The van der Waals surface area contributed by atoms with Crippen LogP contribution in [-0.2, 0) is 0 Å². The van der Waals surface area contributed by atoms with Gasteiger partial charge in [-0.05, 0) is 18.2 Å². The van der Waals surface area contributed by atoms with E-state index in [9.17, 15) is 9.18 Å². The van der Waals surface area contributed by atoms with Crippen molar-refractivity contribution in [2.75, 3.05) is 0 Å². The van der Waals surface area contributed by atoms with E-state index in [0.717, 1.165) is 0 Å². The van der Waals surface area contributed by atoms with E-state index in [0.29, 0.717) is 11.1 Å². The first-order valence-corrected chi connectivity index (χ1v) is 3.98. The molecule has 0 unspecified atom stereocenters. The quantitative estimate of drug-likeness (QED) is 0.418. The molecule has 0 fully saturated rings. The first-order valence-electron chi connectivity index (χ1n) is 3.98. The van der Waals surface area contributed by atoms with Crippen LogP contribution in [0.5, 0.6) is 0 Å². The summed E-state index contributed by atoms with van der Waals surface area (Å²) >= 11 is 0. The minimum absolute atomic E-state index is 0.395. The summed E-state index contributed by atoms with van der Waals surface area (Å²) in [6.45, 7) is 0. The Morgan fingerprint density at radius 2 is 2.40 bits per heavy atom. The van der Waals surface area contributed by atoms with Gasteiger partial charge >= 0.3 is 6.03 Å². The Balaban J connectivity index is 2.93. The number of carbonyl (C=O) groups excluding carboxylic acids is 1. The second kappa shape index (κ2) is 4.77. The average Bonchev–Trinajstić information content (AvgIpc) is 2.17. The number of terminal acetylenes is 1. The number of nitrogens with two attached hydrogens (primary N) is 1. The van der Waals surface area contributed by atoms with Crippen LogP contribution in [0, 0.1) is 18.2 Å². The number of urea groups is 1. The SMILES string of the molecule is C#Cc1ccc(F)cc1C=NNC(N)=O. The monoisotopic (exact) mass is 205 g/mol. The first kappa shape index (κ1) is 10.7. The van der Waals surface area contributed by atoms with Crippen molar-refractivity contribution in [1.82, 2.24) is 5.43 Å². The van der Waals surface area contributed by atoms with Crippen LogP contribution in [0.15, 0.2) is 23.3 Å². The summed E-state index contributed by atoms with van der Waals surface area (Å²) in [5, 5.41) is 3.48. The minimum Gasteiger partial charge on any atom is -0.350 e. The lowest BCUT2D eigenvalue weighted by Crippen LogP contribution is -2.24. The van der Waals surface area contributed by atoms with Crippen LogP contribution in [0.4, 0.5) is 9.18 Å². The molecule has 0 bridgehead atoms. The number of hydrogen-bond acceptors (Lipinski definition) is 2. The molecule has 1 aromatic rings. The van der Waals surface area contributed by atoms with Crippen LogP contribution in [0.1, 0.15) is 11.1 Å². The van der Waals surface area contributed by atoms with Gasteiger partial charge in [-0.1, -0.05) is 5.92 Å². The molecule has 15 heavy (non-hydrogen) atoms. The van der Waals surface area contributed by atoms with Gasteiger partial charge < -0.3 is 5.73 Å². The standard InChI is InChI=1S/C10H8FN3O/c1-2-7-3-4-9(11)5-8(7)6-13-14-10(12)15/h1,3-6H,(H3,12,14,15). The summed E-state index contributed by atoms with van der Waals surface area (Å²) in [6, 6.07) is 3.10. The fourth-order valence-electron chi connectivity index (χ4n) is 0.937. The minimum atomic E-state index is -0.801. The summed E-state index contributed by atoms with van der Waals surface area (Å²) in [7, 11) is 0. The van der Waals surface area contributed by atoms with Crippen molar-refractivity contribution in [2.45, 2.75) is 0 Å². The number of benzene rings is 1. The molecule has 0 spiro atoms. The van der Waals surface area contributed by atoms with E-state index in [1.54, 1.807) is 0 Å². The molecular weight excluding hydrogens is 197 g/mol. The van der Waals surface area contributed by atoms with Gasteiger partial charge in [-0.2, -0.15) is 5.10 Å². The molecule has 4 nitrogen and oxygen atoms in total. The van der Waals surface area contributed by atoms with Crippen molar-refractivity contribution in [3.63, 3.8) is 0 Å². The van der Waals surface area contributed by atoms with Gasteiger partial charge in [-0.15, -0.1) is 6.42 Å². The molecule has 1 aromatic carbocycles. The lowest BCUT2D eigenvalue weighted by Gasteiger charge is -1.98. The van der Waals surface area contributed by atoms with E-state index >= 15 is 0 Å². The zero-order valence-electron chi connectivity index (χ0n) is 7.70. The molecule has 76 valence electrons. The largest absolute Gasteiger partial charge is 0.350 e. The molecule has 3 N–H and O–H groups in total. The highest BCUT2D eigenvalue weighted by Gasteiger charge is 1.99. The van der Waals surface area contributed by atoms with Crippen LogP contribution in [-0.4, -0.2) is 12.2 Å². The lowest BCUT2D eigenvalue weighted by molar-refractivity contribution is 0.249. The van der Waals surface area contributed by atoms with Crippen molar-refractivity contribution in [3.8, 4) is 12.3 Å². The summed E-state index contributed by atoms with van der Waals surface area (Å²) in [5.74, 6) is 1.92. The molecule has 5 heteroatoms. The number of amides is 2. The van der Waals surface area contributed by atoms with Crippen molar-refractivity contribution in [3.05, 3.63) is 35.1 Å². The highest BCUT2D eigenvalue weighted by Crippen LogP contribution is 2.07. The van der Waals surface area contributed by atoms with Crippen LogP contribution < -0.4 is 11.2 Å². The lowest BCUT2D eigenvalue weighted by atomic mass is 10.1. The van der Waals surface area contributed by atoms with Crippen LogP contribution >= 0.6 is 0 Å². The zero-order valence-corrected chi connectivity index (χ0v) is 7.70. The zero-order chi connectivity index (χ0) is 11.3. The van der Waals surface area contributed by atoms with Gasteiger partial charge in [-0.3, -0.25) is 0 Å². The average molecular weight is 205 g/mol. The Labute approximate surface area is 86.0 Å². The smallest absolute Gasteiger partial charge is 0.332 e. The Kier molecular flexibility index (Phi) is 3.41. The number of hydrogen-bond donors (Lipinski definition) is 2. The molecule has 2 amide bonds. The van der Waals surface area contributed by atoms with Gasteiger partial charge in [0.15, 0.2) is 0 Å². The number of rotatable bonds is 2. The van der Waals surface area contributed by atoms with Crippen molar-refractivity contribution in [2.24, 2.45) is 10.8 Å². The van der Waals surface area contributed by atoms with Crippen LogP contribution in [0.3, 0.4) is 0 Å². The maximum absolute atomic E-state index is 12.8. The first-order chi connectivity index (χ1) is 7.13. The topological polar surface area (TPSA) is 67.5 Å². The van der Waals surface area contributed by atoms with Crippen LogP contribution in [0.2, 0.25) is 0 Å². The Bertz CT molecular complexity index is 448. The number of nitrogens with one attached hydrogen (secondary N) is 1. The maximum atomic E-state index is 12.8. The third kappa shape index (κ3) is 3.12. The molecule has 0 atom stereocenters. The molecule has 0 radical (unpaired) electrons. The number of carbonyl (C=O) groups is 1. The second-order valence-electron chi connectivity index (χ2n) is 2.61. The van der Waals surface area contributed by atoms with Gasteiger partial charge in [0.2, 0.25) is 0 Å². The molecule has 1 rings (SSSR count). The Morgan fingerprint density at radius 1 is 1.67 bits per heavy atom. The van der Waals surface area contributed by atoms with E-state index in [4.69, 9.17) is 12.2 Å². The third-order valence-corrected chi connectivity index (χ3v) is 1.55. The van der Waals surface area contributed by atoms with Gasteiger partial charge in [0.1, 0.15) is 5.82 Å². The molecule has 0 aliphatic carbocycles. The van der Waals surface area contributed by atoms with Crippen LogP contribution in [0.25, 0.3) is 0 Å². The Hall–Kier alpha value is -2.35. The molecule has 0 aromatic heterocycles. The summed E-state index contributed by atoms with van der Waals surface area (Å²) in [5.41, 5.74) is 7.63. The third-order valence-electron chi connectivity index (χ3n) is 1.55. The fourth-order valence-corrected chi connectivity index (χ4v) is 0.937. The van der Waals surface area contributed by atoms with E-state index in [2.05, 4.69) is 11.0 Å². The number of hydrazone groups is 1. The van der Waals surface area contributed by atoms with Crippen molar-refractivity contribution >= 4 is 12.2 Å².